The second kappa shape index (κ2) is 5.29. The molecule has 8 nitrogen and oxygen atoms in total. The molecule has 0 fully saturated rings. The lowest BCUT2D eigenvalue weighted by Gasteiger charge is -2.04. The molecule has 1 N–H and O–H groups in total. The van der Waals surface area contributed by atoms with Crippen molar-refractivity contribution in [3.05, 3.63) is 36.4 Å². The Morgan fingerprint density at radius 3 is 2.75 bits per heavy atom. The number of aromatic hydroxyl groups is 1. The van der Waals surface area contributed by atoms with Crippen molar-refractivity contribution in [3.63, 3.8) is 0 Å². The molecule has 2 heterocycles. The number of rotatable bonds is 4. The number of hydrogen-bond donors (Lipinski definition) is 1. The number of aromatic nitrogens is 7. The third-order valence-electron chi connectivity index (χ3n) is 2.67. The molecular formula is C11H11N7OS. The molecule has 0 atom stereocenters. The summed E-state index contributed by atoms with van der Waals surface area (Å²) in [5.41, 5.74) is 0.785. The van der Waals surface area contributed by atoms with Gasteiger partial charge < -0.3 is 5.11 Å². The number of benzene rings is 1. The molecule has 9 heteroatoms. The van der Waals surface area contributed by atoms with Gasteiger partial charge in [0.25, 0.3) is 0 Å². The number of tetrazole rings is 1. The molecule has 0 aliphatic rings. The Balaban J connectivity index is 1.80. The average molecular weight is 289 g/mol. The predicted octanol–water partition coefficient (Wildman–Crippen LogP) is 0.789. The van der Waals surface area contributed by atoms with Crippen molar-refractivity contribution in [3.8, 4) is 11.4 Å². The lowest BCUT2D eigenvalue weighted by Crippen LogP contribution is -2.01. The van der Waals surface area contributed by atoms with Crippen molar-refractivity contribution in [2.75, 3.05) is 0 Å². The van der Waals surface area contributed by atoms with Crippen LogP contribution in [0, 0.1) is 0 Å². The van der Waals surface area contributed by atoms with Gasteiger partial charge in [-0.2, -0.15) is 9.78 Å². The summed E-state index contributed by atoms with van der Waals surface area (Å²) in [5.74, 6) is 1.67. The van der Waals surface area contributed by atoms with E-state index in [1.807, 2.05) is 7.05 Å². The van der Waals surface area contributed by atoms with Gasteiger partial charge in [-0.15, -0.1) is 5.10 Å². The highest BCUT2D eigenvalue weighted by Crippen LogP contribution is 2.22. The molecule has 2 aromatic heterocycles. The lowest BCUT2D eigenvalue weighted by atomic mass is 10.3. The highest BCUT2D eigenvalue weighted by molar-refractivity contribution is 7.98. The summed E-state index contributed by atoms with van der Waals surface area (Å²) in [7, 11) is 1.84. The van der Waals surface area contributed by atoms with Crippen LogP contribution < -0.4 is 0 Å². The van der Waals surface area contributed by atoms with Crippen molar-refractivity contribution in [2.45, 2.75) is 10.9 Å². The molecule has 1 aromatic carbocycles. The molecule has 0 aliphatic carbocycles. The van der Waals surface area contributed by atoms with Gasteiger partial charge in [0.2, 0.25) is 5.16 Å². The topological polar surface area (TPSA) is 94.5 Å². The Kier molecular flexibility index (Phi) is 3.33. The average Bonchev–Trinajstić information content (AvgIpc) is 3.06. The number of phenolic OH excluding ortho intramolecular Hbond substituents is 1. The fourth-order valence-electron chi connectivity index (χ4n) is 1.60. The van der Waals surface area contributed by atoms with Crippen LogP contribution in [0.15, 0.2) is 35.7 Å². The maximum absolute atomic E-state index is 9.30. The largest absolute Gasteiger partial charge is 0.508 e. The Morgan fingerprint density at radius 2 is 2.05 bits per heavy atom. The second-order valence-corrected chi connectivity index (χ2v) is 4.92. The van der Waals surface area contributed by atoms with Gasteiger partial charge in [0.1, 0.15) is 17.9 Å². The molecule has 20 heavy (non-hydrogen) atoms. The molecule has 0 saturated carbocycles. The molecule has 0 bridgehead atoms. The Bertz CT molecular complexity index is 706. The number of hydrogen-bond acceptors (Lipinski definition) is 7. The zero-order valence-corrected chi connectivity index (χ0v) is 11.4. The molecule has 3 rings (SSSR count). The van der Waals surface area contributed by atoms with Gasteiger partial charge in [0.05, 0.1) is 11.4 Å². The summed E-state index contributed by atoms with van der Waals surface area (Å²) >= 11 is 1.47. The third-order valence-corrected chi connectivity index (χ3v) is 3.59. The van der Waals surface area contributed by atoms with E-state index in [-0.39, 0.29) is 5.75 Å². The molecule has 0 unspecified atom stereocenters. The summed E-state index contributed by atoms with van der Waals surface area (Å²) < 4.78 is 3.32. The van der Waals surface area contributed by atoms with Gasteiger partial charge in [-0.3, -0.25) is 4.68 Å². The van der Waals surface area contributed by atoms with Crippen LogP contribution in [-0.4, -0.2) is 40.1 Å². The van der Waals surface area contributed by atoms with E-state index in [9.17, 15) is 5.11 Å². The molecule has 102 valence electrons. The Labute approximate surface area is 118 Å². The second-order valence-electron chi connectivity index (χ2n) is 3.98. The number of nitrogens with zero attached hydrogens (tertiary/aromatic N) is 7. The summed E-state index contributed by atoms with van der Waals surface area (Å²) in [4.78, 5) is 4.15. The van der Waals surface area contributed by atoms with E-state index in [0.29, 0.717) is 10.9 Å². The van der Waals surface area contributed by atoms with Gasteiger partial charge in [-0.05, 0) is 34.7 Å². The van der Waals surface area contributed by atoms with Crippen LogP contribution in [0.1, 0.15) is 5.82 Å². The van der Waals surface area contributed by atoms with Crippen LogP contribution in [0.3, 0.4) is 0 Å². The molecule has 0 saturated heterocycles. The van der Waals surface area contributed by atoms with E-state index in [1.165, 1.54) is 18.1 Å². The summed E-state index contributed by atoms with van der Waals surface area (Å²) in [6.45, 7) is 0. The molecule has 0 amide bonds. The zero-order chi connectivity index (χ0) is 13.9. The van der Waals surface area contributed by atoms with Gasteiger partial charge in [-0.25, -0.2) is 4.98 Å². The van der Waals surface area contributed by atoms with Crippen LogP contribution in [-0.2, 0) is 12.8 Å². The molecule has 3 aromatic rings. The van der Waals surface area contributed by atoms with Crippen LogP contribution >= 0.6 is 11.8 Å². The van der Waals surface area contributed by atoms with E-state index < -0.39 is 0 Å². The quantitative estimate of drug-likeness (QED) is 0.709. The standard InChI is InChI=1S/C11H11N7OS/c1-17-10(12-7-13-17)6-20-11-14-15-16-18(11)8-2-4-9(19)5-3-8/h2-5,7,19H,6H2,1H3. The van der Waals surface area contributed by atoms with Gasteiger partial charge in [-0.1, -0.05) is 11.8 Å². The van der Waals surface area contributed by atoms with E-state index >= 15 is 0 Å². The fraction of sp³-hybridized carbons (Fsp3) is 0.182. The zero-order valence-electron chi connectivity index (χ0n) is 10.6. The third kappa shape index (κ3) is 2.48. The van der Waals surface area contributed by atoms with Gasteiger partial charge >= 0.3 is 0 Å². The van der Waals surface area contributed by atoms with Crippen LogP contribution in [0.5, 0.6) is 5.75 Å². The first-order valence-corrected chi connectivity index (χ1v) is 6.76. The molecular weight excluding hydrogens is 278 g/mol. The van der Waals surface area contributed by atoms with E-state index in [1.54, 1.807) is 33.6 Å². The minimum Gasteiger partial charge on any atom is -0.508 e. The van der Waals surface area contributed by atoms with E-state index in [4.69, 9.17) is 0 Å². The fourth-order valence-corrected chi connectivity index (χ4v) is 2.48. The van der Waals surface area contributed by atoms with Crippen molar-refractivity contribution in [1.82, 2.24) is 35.0 Å². The van der Waals surface area contributed by atoms with Crippen molar-refractivity contribution in [1.29, 1.82) is 0 Å². The predicted molar refractivity (Wildman–Crippen MR) is 71.4 cm³/mol. The Hall–Kier alpha value is -2.42. The maximum atomic E-state index is 9.30. The monoisotopic (exact) mass is 289 g/mol. The van der Waals surface area contributed by atoms with E-state index in [2.05, 4.69) is 25.6 Å². The van der Waals surface area contributed by atoms with Gasteiger partial charge in [0.15, 0.2) is 0 Å². The maximum Gasteiger partial charge on any atom is 0.214 e. The first-order valence-electron chi connectivity index (χ1n) is 5.77. The highest BCUT2D eigenvalue weighted by atomic mass is 32.2. The number of thioether (sulfide) groups is 1. The SMILES string of the molecule is Cn1ncnc1CSc1nnnn1-c1ccc(O)cc1. The minimum absolute atomic E-state index is 0.204. The van der Waals surface area contributed by atoms with Crippen LogP contribution in [0.25, 0.3) is 5.69 Å². The van der Waals surface area contributed by atoms with Crippen molar-refractivity contribution in [2.24, 2.45) is 7.05 Å². The summed E-state index contributed by atoms with van der Waals surface area (Å²) in [5, 5.41) is 25.6. The van der Waals surface area contributed by atoms with Crippen molar-refractivity contribution < 1.29 is 5.11 Å². The smallest absolute Gasteiger partial charge is 0.214 e. The number of aryl methyl sites for hydroxylation is 1. The number of phenols is 1. The van der Waals surface area contributed by atoms with E-state index in [0.717, 1.165) is 11.5 Å². The molecule has 0 spiro atoms. The highest BCUT2D eigenvalue weighted by Gasteiger charge is 2.10. The Morgan fingerprint density at radius 1 is 1.25 bits per heavy atom. The normalized spacial score (nSPS) is 10.8. The first-order chi connectivity index (χ1) is 9.74. The molecule has 0 radical (unpaired) electrons. The minimum atomic E-state index is 0.204. The van der Waals surface area contributed by atoms with Crippen LogP contribution in [0.2, 0.25) is 0 Å². The van der Waals surface area contributed by atoms with Crippen LogP contribution in [0.4, 0.5) is 0 Å². The lowest BCUT2D eigenvalue weighted by molar-refractivity contribution is 0.475. The van der Waals surface area contributed by atoms with Crippen molar-refractivity contribution >= 4 is 11.8 Å². The first kappa shape index (κ1) is 12.6. The summed E-state index contributed by atoms with van der Waals surface area (Å²) in [6.07, 6.45) is 1.51. The van der Waals surface area contributed by atoms with Gasteiger partial charge in [0, 0.05) is 7.05 Å². The molecule has 0 aliphatic heterocycles. The summed E-state index contributed by atoms with van der Waals surface area (Å²) in [6, 6.07) is 6.68.